The number of halogens is 1. The number of carboxylic acid groups (broad SMARTS) is 1. The number of ether oxygens (including phenoxy) is 1. The fourth-order valence-corrected chi connectivity index (χ4v) is 2.93. The number of carbonyl (C=O) groups excluding carboxylic acids is 1. The number of carboxylic acids is 1. The predicted octanol–water partition coefficient (Wildman–Crippen LogP) is 2.08. The van der Waals surface area contributed by atoms with E-state index in [1.165, 1.54) is 0 Å². The van der Waals surface area contributed by atoms with Gasteiger partial charge in [0.25, 0.3) is 0 Å². The minimum Gasteiger partial charge on any atom is -0.492 e. The van der Waals surface area contributed by atoms with Crippen molar-refractivity contribution in [2.75, 3.05) is 39.8 Å². The van der Waals surface area contributed by atoms with Gasteiger partial charge in [0, 0.05) is 18.1 Å². The highest BCUT2D eigenvalue weighted by Crippen LogP contribution is 2.17. The van der Waals surface area contributed by atoms with Crippen molar-refractivity contribution in [2.24, 2.45) is 5.92 Å². The number of rotatable bonds is 7. The molecule has 6 nitrogen and oxygen atoms in total. The Labute approximate surface area is 150 Å². The Morgan fingerprint density at radius 1 is 1.38 bits per heavy atom. The van der Waals surface area contributed by atoms with E-state index in [1.54, 1.807) is 11.9 Å². The summed E-state index contributed by atoms with van der Waals surface area (Å²) in [5.41, 5.74) is 0. The van der Waals surface area contributed by atoms with Gasteiger partial charge >= 0.3 is 5.97 Å². The average Bonchev–Trinajstić information content (AvgIpc) is 2.56. The molecular weight excluding hydrogens is 376 g/mol. The van der Waals surface area contributed by atoms with Crippen LogP contribution in [-0.4, -0.2) is 66.6 Å². The molecule has 1 aliphatic rings. The molecule has 1 unspecified atom stereocenters. The Bertz CT molecular complexity index is 564. The number of piperidine rings is 1. The van der Waals surface area contributed by atoms with Crippen LogP contribution in [0.4, 0.5) is 0 Å². The van der Waals surface area contributed by atoms with Gasteiger partial charge < -0.3 is 14.7 Å². The second-order valence-electron chi connectivity index (χ2n) is 6.03. The van der Waals surface area contributed by atoms with Gasteiger partial charge in [-0.3, -0.25) is 14.5 Å². The zero-order valence-electron chi connectivity index (χ0n) is 13.8. The molecule has 2 rings (SSSR count). The van der Waals surface area contributed by atoms with Gasteiger partial charge in [0.2, 0.25) is 5.91 Å². The molecule has 1 N–H and O–H groups in total. The van der Waals surface area contributed by atoms with Gasteiger partial charge in [-0.25, -0.2) is 0 Å². The largest absolute Gasteiger partial charge is 0.492 e. The van der Waals surface area contributed by atoms with Gasteiger partial charge in [0.1, 0.15) is 12.4 Å². The monoisotopic (exact) mass is 398 g/mol. The minimum absolute atomic E-state index is 0.0135. The van der Waals surface area contributed by atoms with E-state index >= 15 is 0 Å². The third-order valence-corrected chi connectivity index (χ3v) is 4.68. The van der Waals surface area contributed by atoms with E-state index in [1.807, 2.05) is 29.2 Å². The Kier molecular flexibility index (Phi) is 7.05. The number of likely N-dealkylation sites (N-methyl/N-ethyl adjacent to an activating group) is 1. The van der Waals surface area contributed by atoms with Gasteiger partial charge in [-0.05, 0) is 43.7 Å². The zero-order valence-corrected chi connectivity index (χ0v) is 15.4. The second kappa shape index (κ2) is 9.03. The van der Waals surface area contributed by atoms with Gasteiger partial charge in [-0.15, -0.1) is 0 Å². The van der Waals surface area contributed by atoms with E-state index in [4.69, 9.17) is 9.84 Å². The van der Waals surface area contributed by atoms with Crippen molar-refractivity contribution in [1.82, 2.24) is 9.80 Å². The first-order chi connectivity index (χ1) is 11.5. The first-order valence-corrected chi connectivity index (χ1v) is 8.82. The highest BCUT2D eigenvalue weighted by molar-refractivity contribution is 9.10. The maximum atomic E-state index is 12.2. The topological polar surface area (TPSA) is 70.1 Å². The van der Waals surface area contributed by atoms with Crippen LogP contribution in [0.5, 0.6) is 5.75 Å². The number of benzene rings is 1. The molecule has 132 valence electrons. The Hall–Kier alpha value is -1.60. The number of amides is 1. The summed E-state index contributed by atoms with van der Waals surface area (Å²) in [7, 11) is 1.74. The molecular formula is C17H23BrN2O4. The van der Waals surface area contributed by atoms with Crippen LogP contribution in [0.1, 0.15) is 12.8 Å². The maximum absolute atomic E-state index is 12.2. The highest BCUT2D eigenvalue weighted by Gasteiger charge is 2.26. The number of hydrogen-bond acceptors (Lipinski definition) is 4. The van der Waals surface area contributed by atoms with Crippen LogP contribution < -0.4 is 4.74 Å². The molecule has 1 aromatic rings. The molecule has 0 bridgehead atoms. The van der Waals surface area contributed by atoms with Crippen LogP contribution in [0.3, 0.4) is 0 Å². The van der Waals surface area contributed by atoms with Crippen LogP contribution in [0.25, 0.3) is 0 Å². The molecule has 1 aromatic carbocycles. The maximum Gasteiger partial charge on any atom is 0.307 e. The summed E-state index contributed by atoms with van der Waals surface area (Å²) in [6.45, 7) is 2.40. The molecule has 1 fully saturated rings. The van der Waals surface area contributed by atoms with Gasteiger partial charge in [-0.1, -0.05) is 15.9 Å². The first kappa shape index (κ1) is 18.7. The standard InChI is InChI=1S/C17H23BrN2O4/c1-19(9-10-24-15-6-4-14(18)5-7-15)16(21)12-20-8-2-3-13(11-20)17(22)23/h4-7,13H,2-3,8-12H2,1H3,(H,22,23). The second-order valence-corrected chi connectivity index (χ2v) is 6.95. The number of carbonyl (C=O) groups is 2. The van der Waals surface area contributed by atoms with Crippen LogP contribution in [0.2, 0.25) is 0 Å². The lowest BCUT2D eigenvalue weighted by Crippen LogP contribution is -2.45. The van der Waals surface area contributed by atoms with E-state index in [2.05, 4.69) is 15.9 Å². The molecule has 1 atom stereocenters. The fourth-order valence-electron chi connectivity index (χ4n) is 2.67. The fraction of sp³-hybridized carbons (Fsp3) is 0.529. The molecule has 1 saturated heterocycles. The van der Waals surface area contributed by atoms with Gasteiger partial charge in [0.15, 0.2) is 0 Å². The van der Waals surface area contributed by atoms with Crippen molar-refractivity contribution in [2.45, 2.75) is 12.8 Å². The lowest BCUT2D eigenvalue weighted by molar-refractivity contribution is -0.144. The van der Waals surface area contributed by atoms with Crippen LogP contribution in [0.15, 0.2) is 28.7 Å². The Morgan fingerprint density at radius 3 is 2.75 bits per heavy atom. The first-order valence-electron chi connectivity index (χ1n) is 8.03. The SMILES string of the molecule is CN(CCOc1ccc(Br)cc1)C(=O)CN1CCCC(C(=O)O)C1. The normalized spacial score (nSPS) is 18.2. The summed E-state index contributed by atoms with van der Waals surface area (Å²) in [4.78, 5) is 26.9. The summed E-state index contributed by atoms with van der Waals surface area (Å²) in [6.07, 6.45) is 1.51. The van der Waals surface area contributed by atoms with Gasteiger partial charge in [-0.2, -0.15) is 0 Å². The molecule has 7 heteroatoms. The molecule has 0 aromatic heterocycles. The molecule has 24 heavy (non-hydrogen) atoms. The van der Waals surface area contributed by atoms with E-state index in [9.17, 15) is 9.59 Å². The van der Waals surface area contributed by atoms with Crippen molar-refractivity contribution in [3.05, 3.63) is 28.7 Å². The third kappa shape index (κ3) is 5.79. The predicted molar refractivity (Wildman–Crippen MR) is 94.1 cm³/mol. The number of aliphatic carboxylic acids is 1. The lowest BCUT2D eigenvalue weighted by Gasteiger charge is -2.31. The van der Waals surface area contributed by atoms with E-state index in [0.717, 1.165) is 23.2 Å². The van der Waals surface area contributed by atoms with Crippen molar-refractivity contribution < 1.29 is 19.4 Å². The van der Waals surface area contributed by atoms with E-state index in [-0.39, 0.29) is 18.4 Å². The van der Waals surface area contributed by atoms with Crippen molar-refractivity contribution in [3.8, 4) is 5.75 Å². The van der Waals surface area contributed by atoms with Crippen molar-refractivity contribution >= 4 is 27.8 Å². The molecule has 0 saturated carbocycles. The van der Waals surface area contributed by atoms with Crippen LogP contribution in [0, 0.1) is 5.92 Å². The zero-order chi connectivity index (χ0) is 17.5. The quantitative estimate of drug-likeness (QED) is 0.761. The van der Waals surface area contributed by atoms with Gasteiger partial charge in [0.05, 0.1) is 19.0 Å². The Morgan fingerprint density at radius 2 is 2.08 bits per heavy atom. The molecule has 1 amide bonds. The minimum atomic E-state index is -0.775. The van der Waals surface area contributed by atoms with E-state index in [0.29, 0.717) is 26.1 Å². The molecule has 0 spiro atoms. The summed E-state index contributed by atoms with van der Waals surface area (Å²) in [6, 6.07) is 7.54. The highest BCUT2D eigenvalue weighted by atomic mass is 79.9. The summed E-state index contributed by atoms with van der Waals surface area (Å²) in [5, 5.41) is 9.10. The van der Waals surface area contributed by atoms with Crippen LogP contribution >= 0.6 is 15.9 Å². The van der Waals surface area contributed by atoms with Crippen molar-refractivity contribution in [1.29, 1.82) is 0 Å². The third-order valence-electron chi connectivity index (χ3n) is 4.15. The summed E-state index contributed by atoms with van der Waals surface area (Å²) < 4.78 is 6.60. The van der Waals surface area contributed by atoms with Crippen LogP contribution in [-0.2, 0) is 9.59 Å². The van der Waals surface area contributed by atoms with Crippen molar-refractivity contribution in [3.63, 3.8) is 0 Å². The molecule has 0 radical (unpaired) electrons. The summed E-state index contributed by atoms with van der Waals surface area (Å²) in [5.74, 6) is -0.388. The molecule has 1 aliphatic heterocycles. The Balaban J connectivity index is 1.71. The molecule has 1 heterocycles. The average molecular weight is 399 g/mol. The number of hydrogen-bond donors (Lipinski definition) is 1. The molecule has 0 aliphatic carbocycles. The van der Waals surface area contributed by atoms with E-state index < -0.39 is 5.97 Å². The lowest BCUT2D eigenvalue weighted by atomic mass is 9.98. The number of nitrogens with zero attached hydrogens (tertiary/aromatic N) is 2. The summed E-state index contributed by atoms with van der Waals surface area (Å²) >= 11 is 3.37. The number of likely N-dealkylation sites (tertiary alicyclic amines) is 1. The smallest absolute Gasteiger partial charge is 0.307 e.